The summed E-state index contributed by atoms with van der Waals surface area (Å²) in [5, 5.41) is 11.7. The number of ether oxygens (including phenoxy) is 2. The minimum Gasteiger partial charge on any atom is -0.541 e. The first-order chi connectivity index (χ1) is 24.1. The summed E-state index contributed by atoms with van der Waals surface area (Å²) in [6.07, 6.45) is 4.90. The van der Waals surface area contributed by atoms with Gasteiger partial charge in [-0.2, -0.15) is 0 Å². The second kappa shape index (κ2) is 25.6. The molecule has 1 unspecified atom stereocenters. The molecule has 0 spiro atoms. The van der Waals surface area contributed by atoms with Gasteiger partial charge in [0.25, 0.3) is 5.95 Å². The number of aliphatic carboxylic acids is 1. The zero-order chi connectivity index (χ0) is 47.4. The van der Waals surface area contributed by atoms with Gasteiger partial charge in [0.15, 0.2) is 17.9 Å². The Kier molecular flexibility index (Phi) is 33.0. The smallest absolute Gasteiger partial charge is 0.304 e. The third-order valence-corrected chi connectivity index (χ3v) is 7.40. The van der Waals surface area contributed by atoms with Gasteiger partial charge in [0.05, 0.1) is 22.8 Å². The van der Waals surface area contributed by atoms with Crippen molar-refractivity contribution in [2.45, 2.75) is 53.1 Å². The fourth-order valence-electron chi connectivity index (χ4n) is 2.03. The molecule has 357 valence electrons. The van der Waals surface area contributed by atoms with E-state index in [9.17, 15) is 67.9 Å². The van der Waals surface area contributed by atoms with E-state index in [1.807, 2.05) is 46.2 Å². The average Bonchev–Trinajstić information content (AvgIpc) is 2.87. The summed E-state index contributed by atoms with van der Waals surface area (Å²) in [7, 11) is -32.1. The molecule has 0 aromatic rings. The van der Waals surface area contributed by atoms with Crippen LogP contribution in [0, 0.1) is 26.2 Å². The molecule has 2 N–H and O–H groups in total. The van der Waals surface area contributed by atoms with Crippen LogP contribution < -0.4 is 0 Å². The molecule has 1 atom stereocenters. The van der Waals surface area contributed by atoms with Gasteiger partial charge in [0, 0.05) is 98.1 Å². The van der Waals surface area contributed by atoms with E-state index < -0.39 is 95.3 Å². The Balaban J connectivity index is -0.0000000973. The van der Waals surface area contributed by atoms with Crippen molar-refractivity contribution >= 4 is 65.2 Å². The molecule has 0 aliphatic carbocycles. The minimum absolute atomic E-state index is 0. The summed E-state index contributed by atoms with van der Waals surface area (Å²) in [5.41, 5.74) is 0. The molecule has 60 heavy (non-hydrogen) atoms. The van der Waals surface area contributed by atoms with E-state index in [1.165, 1.54) is 6.08 Å². The number of allylic oxidation sites excluding steroid dienone is 2. The van der Waals surface area contributed by atoms with Gasteiger partial charge in [-0.25, -0.2) is 0 Å². The Morgan fingerprint density at radius 2 is 0.967 bits per heavy atom. The van der Waals surface area contributed by atoms with Gasteiger partial charge in [0.2, 0.25) is 16.6 Å². The molecule has 0 aliphatic heterocycles. The van der Waals surface area contributed by atoms with Crippen LogP contribution in [0.15, 0.2) is 59.1 Å². The van der Waals surface area contributed by atoms with Crippen molar-refractivity contribution in [1.82, 2.24) is 0 Å². The predicted octanol–water partition coefficient (Wildman–Crippen LogP) is 13.8. The Morgan fingerprint density at radius 3 is 1.18 bits per heavy atom. The largest absolute Gasteiger partial charge is 0.541 e. The number of hydrogen-bond acceptors (Lipinski definition) is 8. The first-order valence-electron chi connectivity index (χ1n) is 14.7. The van der Waals surface area contributed by atoms with E-state index in [4.69, 9.17) is 28.6 Å². The fraction of sp³-hybridized carbons (Fsp3) is 0.429. The molecular weight excluding hydrogens is 1180 g/mol. The molecule has 0 bridgehead atoms. The van der Waals surface area contributed by atoms with Crippen molar-refractivity contribution in [3.8, 4) is 0 Å². The van der Waals surface area contributed by atoms with Crippen LogP contribution in [0.1, 0.15) is 13.8 Å². The van der Waals surface area contributed by atoms with Gasteiger partial charge >= 0.3 is 30.7 Å². The van der Waals surface area contributed by atoms with Crippen molar-refractivity contribution in [1.29, 1.82) is 0 Å². The first kappa shape index (κ1) is 77.3. The van der Waals surface area contributed by atoms with E-state index in [0.717, 1.165) is 0 Å². The number of hydrogen-bond donors (Lipinski definition) is 2. The standard InChI is InChI=1S/C9H17F5O2SSi.C9H17O2Si.C5H6F5O2S.C3H5F5OS.C2H3O2.3Y/c1-5-9(16-18(2,3)4)15-7-6-8-17(10,11,12,13)14;1-6-8(2)7-9(10)11-12(3,4)5;1-5(11)12-3-2-4-13(6,7,8,9)10;4-10(5,6,7,8)3-1-2-9;1-2(3)4;;;/h5-6,8H,7H2,1-4H3;6-8H,1H2,2-5H3;2,4H,1,3H2;1,3,9H,2H2;1H2,(H,3,4);;;/q;2*-1;;-1;;;/b8-6+,9-5-;;4-2+;3-1+;;;;. The number of carbonyl (C=O) groups is 3. The zero-order valence-electron chi connectivity index (χ0n) is 33.4. The molecule has 0 fully saturated rings. The van der Waals surface area contributed by atoms with Crippen LogP contribution in [0.25, 0.3) is 0 Å². The normalized spacial score (nSPS) is 15.9. The quantitative estimate of drug-likeness (QED) is 0.0411. The molecule has 0 aliphatic rings. The average molecular weight is 1230 g/mol. The number of esters is 1. The number of carboxylic acids is 1. The number of carboxylic acid groups (broad SMARTS) is 1. The number of halogens is 15. The zero-order valence-corrected chi connectivity index (χ0v) is 46.4. The summed E-state index contributed by atoms with van der Waals surface area (Å²) in [4.78, 5) is 29.9. The van der Waals surface area contributed by atoms with Gasteiger partial charge in [-0.1, -0.05) is 65.2 Å². The molecule has 0 heterocycles. The SMILES string of the molecule is C/C=C(/OC/C=C/S(F)(F)(F)(F)F)O[Si](C)(C)C.C=CC(C)[CH-]C(=O)O[Si](C)(C)C.OC/C=C/S(F)(F)(F)(F)F.[CH2-]C(=O)O.[CH2-]C(=O)OC/C=C/S(F)(F)(F)(F)F.[Y].[Y].[Y]. The van der Waals surface area contributed by atoms with Crippen molar-refractivity contribution < 1.29 is 199 Å². The Hall–Kier alpha value is 0.0255. The van der Waals surface area contributed by atoms with E-state index in [-0.39, 0.29) is 134 Å². The van der Waals surface area contributed by atoms with Gasteiger partial charge in [0.1, 0.15) is 13.2 Å². The van der Waals surface area contributed by atoms with Crippen LogP contribution in [0.3, 0.4) is 0 Å². The molecule has 9 nitrogen and oxygen atoms in total. The second-order valence-electron chi connectivity index (χ2n) is 12.4. The van der Waals surface area contributed by atoms with Crippen LogP contribution >= 0.6 is 30.7 Å². The Morgan fingerprint density at radius 1 is 0.667 bits per heavy atom. The number of rotatable bonds is 15. The van der Waals surface area contributed by atoms with E-state index in [0.29, 0.717) is 0 Å². The monoisotopic (exact) mass is 1230 g/mol. The van der Waals surface area contributed by atoms with Crippen molar-refractivity contribution in [2.75, 3.05) is 19.8 Å². The topological polar surface area (TPSA) is 129 Å². The van der Waals surface area contributed by atoms with Crippen molar-refractivity contribution in [3.63, 3.8) is 0 Å². The minimum atomic E-state index is -9.51. The summed E-state index contributed by atoms with van der Waals surface area (Å²) in [6.45, 7) is 21.2. The van der Waals surface area contributed by atoms with Gasteiger partial charge in [-0.15, -0.1) is 18.6 Å². The number of aliphatic hydroxyl groups excluding tert-OH is 1. The molecule has 0 rings (SSSR count). The molecule has 0 saturated heterocycles. The predicted molar refractivity (Wildman–Crippen MR) is 200 cm³/mol. The number of aliphatic hydroxyl groups is 1. The summed E-state index contributed by atoms with van der Waals surface area (Å²) in [5.74, 6) is -2.26. The van der Waals surface area contributed by atoms with Gasteiger partial charge in [-0.05, 0) is 70.5 Å². The molecule has 0 aromatic heterocycles. The first-order valence-corrected chi connectivity index (χ1v) is 27.6. The molecular formula is C28H48F15O9S3Si2Y3-3. The fourth-order valence-corrected chi connectivity index (χ4v) is 4.82. The van der Waals surface area contributed by atoms with Gasteiger partial charge in [-0.3, -0.25) is 34.7 Å². The number of carbonyl (C=O) groups excluding carboxylic acids is 2. The summed E-state index contributed by atoms with van der Waals surface area (Å²) >= 11 is 0. The second-order valence-corrected chi connectivity index (χ2v) is 28.2. The third-order valence-electron chi connectivity index (χ3n) is 3.65. The molecule has 0 amide bonds. The third kappa shape index (κ3) is 93.1. The van der Waals surface area contributed by atoms with Crippen molar-refractivity contribution in [2.24, 2.45) is 5.92 Å². The van der Waals surface area contributed by atoms with E-state index >= 15 is 0 Å². The molecule has 0 aromatic carbocycles. The maximum atomic E-state index is 11.9. The summed E-state index contributed by atoms with van der Waals surface area (Å²) in [6, 6.07) is 0. The van der Waals surface area contributed by atoms with E-state index in [2.05, 4.69) is 25.2 Å². The van der Waals surface area contributed by atoms with Crippen LogP contribution in [-0.4, -0.2) is 64.6 Å². The van der Waals surface area contributed by atoms with Crippen LogP contribution in [0.4, 0.5) is 58.3 Å². The Labute approximate surface area is 418 Å². The van der Waals surface area contributed by atoms with Crippen molar-refractivity contribution in [3.05, 3.63) is 79.4 Å². The summed E-state index contributed by atoms with van der Waals surface area (Å²) < 4.78 is 192. The molecule has 3 radical (unpaired) electrons. The maximum absolute atomic E-state index is 11.9. The maximum Gasteiger partial charge on any atom is 0.304 e. The van der Waals surface area contributed by atoms with Crippen LogP contribution in [0.2, 0.25) is 39.3 Å². The Bertz CT molecular complexity index is 1460. The van der Waals surface area contributed by atoms with Crippen LogP contribution in [-0.2, 0) is 131 Å². The van der Waals surface area contributed by atoms with Crippen LogP contribution in [0.5, 0.6) is 0 Å². The van der Waals surface area contributed by atoms with E-state index in [1.54, 1.807) is 19.4 Å². The van der Waals surface area contributed by atoms with Gasteiger partial charge < -0.3 is 28.5 Å². The molecule has 0 saturated carbocycles. The molecule has 32 heteroatoms.